The van der Waals surface area contributed by atoms with Crippen LogP contribution < -0.4 is 10.9 Å². The van der Waals surface area contributed by atoms with E-state index in [9.17, 15) is 9.59 Å². The average Bonchev–Trinajstić information content (AvgIpc) is 2.63. The predicted molar refractivity (Wildman–Crippen MR) is 94.8 cm³/mol. The highest BCUT2D eigenvalue weighted by atomic mass is 16.5. The Kier molecular flexibility index (Phi) is 4.89. The summed E-state index contributed by atoms with van der Waals surface area (Å²) in [6.45, 7) is 1.98. The maximum Gasteiger partial charge on any atom is 0.412 e. The van der Waals surface area contributed by atoms with Crippen LogP contribution in [0, 0.1) is 6.92 Å². The van der Waals surface area contributed by atoms with Gasteiger partial charge in [-0.3, -0.25) is 14.7 Å². The minimum Gasteiger partial charge on any atom is -0.444 e. The number of nitrogens with one attached hydrogen (secondary N) is 1. The lowest BCUT2D eigenvalue weighted by Gasteiger charge is -2.09. The fourth-order valence-electron chi connectivity index (χ4n) is 2.30. The molecular weight excluding hydrogens is 318 g/mol. The molecule has 6 nitrogen and oxygen atoms in total. The van der Waals surface area contributed by atoms with Gasteiger partial charge in [-0.15, -0.1) is 0 Å². The number of anilines is 1. The summed E-state index contributed by atoms with van der Waals surface area (Å²) in [5.74, 6) is 0.492. The van der Waals surface area contributed by atoms with Crippen molar-refractivity contribution in [3.63, 3.8) is 0 Å². The number of aromatic nitrogens is 2. The number of rotatable bonds is 4. The molecule has 0 unspecified atom stereocenters. The molecule has 2 heterocycles. The Morgan fingerprint density at radius 1 is 1.08 bits per heavy atom. The number of pyridine rings is 2. The minimum atomic E-state index is -0.684. The molecule has 0 bridgehead atoms. The van der Waals surface area contributed by atoms with Crippen molar-refractivity contribution in [2.75, 3.05) is 5.32 Å². The minimum absolute atomic E-state index is 0.129. The normalized spacial score (nSPS) is 10.3. The van der Waals surface area contributed by atoms with Crippen molar-refractivity contribution in [3.05, 3.63) is 88.5 Å². The van der Waals surface area contributed by atoms with Crippen molar-refractivity contribution in [3.8, 4) is 5.82 Å². The maximum absolute atomic E-state index is 12.5. The van der Waals surface area contributed by atoms with Crippen molar-refractivity contribution >= 4 is 11.8 Å². The number of nitrogens with zero attached hydrogens (tertiary/aromatic N) is 2. The molecule has 126 valence electrons. The van der Waals surface area contributed by atoms with Crippen LogP contribution in [0.2, 0.25) is 0 Å². The van der Waals surface area contributed by atoms with Gasteiger partial charge in [0.1, 0.15) is 18.1 Å². The zero-order valence-corrected chi connectivity index (χ0v) is 13.7. The van der Waals surface area contributed by atoms with Crippen LogP contribution in [0.4, 0.5) is 10.5 Å². The molecule has 0 saturated heterocycles. The van der Waals surface area contributed by atoms with E-state index in [0.717, 1.165) is 11.3 Å². The Morgan fingerprint density at radius 3 is 2.64 bits per heavy atom. The van der Waals surface area contributed by atoms with Crippen LogP contribution in [-0.4, -0.2) is 15.6 Å². The lowest BCUT2D eigenvalue weighted by atomic mass is 10.2. The van der Waals surface area contributed by atoms with Crippen molar-refractivity contribution in [2.45, 2.75) is 13.5 Å². The molecule has 0 spiro atoms. The van der Waals surface area contributed by atoms with Crippen molar-refractivity contribution < 1.29 is 9.53 Å². The van der Waals surface area contributed by atoms with Gasteiger partial charge in [0, 0.05) is 11.9 Å². The smallest absolute Gasteiger partial charge is 0.412 e. The van der Waals surface area contributed by atoms with Crippen LogP contribution in [0.1, 0.15) is 11.3 Å². The molecule has 25 heavy (non-hydrogen) atoms. The monoisotopic (exact) mass is 335 g/mol. The molecule has 2 aromatic heterocycles. The highest BCUT2D eigenvalue weighted by Crippen LogP contribution is 2.07. The lowest BCUT2D eigenvalue weighted by Crippen LogP contribution is -2.25. The first-order chi connectivity index (χ1) is 12.1. The van der Waals surface area contributed by atoms with Crippen LogP contribution in [0.25, 0.3) is 5.82 Å². The third kappa shape index (κ3) is 4.11. The summed E-state index contributed by atoms with van der Waals surface area (Å²) in [4.78, 5) is 28.8. The number of ether oxygens (including phenoxy) is 1. The summed E-state index contributed by atoms with van der Waals surface area (Å²) < 4.78 is 6.51. The molecule has 0 atom stereocenters. The van der Waals surface area contributed by atoms with E-state index in [1.165, 1.54) is 10.6 Å². The van der Waals surface area contributed by atoms with Crippen LogP contribution in [0.15, 0.2) is 71.7 Å². The standard InChI is InChI=1S/C19H17N3O3/c1-14-7-5-11-17(20-14)22-12-6-10-16(18(22)23)21-19(24)25-13-15-8-3-2-4-9-15/h2-12H,13H2,1H3,(H,21,24). The molecule has 3 aromatic rings. The SMILES string of the molecule is Cc1cccc(-n2cccc(NC(=O)OCc3ccccc3)c2=O)n1. The molecule has 0 aliphatic carbocycles. The number of hydrogen-bond donors (Lipinski definition) is 1. The highest BCUT2D eigenvalue weighted by molar-refractivity contribution is 5.84. The fraction of sp³-hybridized carbons (Fsp3) is 0.105. The van der Waals surface area contributed by atoms with Crippen LogP contribution in [-0.2, 0) is 11.3 Å². The molecule has 3 rings (SSSR count). The van der Waals surface area contributed by atoms with E-state index in [2.05, 4.69) is 10.3 Å². The number of carbonyl (C=O) groups excluding carboxylic acids is 1. The highest BCUT2D eigenvalue weighted by Gasteiger charge is 2.10. The van der Waals surface area contributed by atoms with Crippen molar-refractivity contribution in [1.82, 2.24) is 9.55 Å². The van der Waals surface area contributed by atoms with E-state index in [0.29, 0.717) is 5.82 Å². The fourth-order valence-corrected chi connectivity index (χ4v) is 2.30. The first-order valence-electron chi connectivity index (χ1n) is 7.77. The first kappa shape index (κ1) is 16.4. The van der Waals surface area contributed by atoms with Crippen LogP contribution in [0.3, 0.4) is 0 Å². The van der Waals surface area contributed by atoms with E-state index in [-0.39, 0.29) is 17.9 Å². The van der Waals surface area contributed by atoms with Gasteiger partial charge in [0.25, 0.3) is 5.56 Å². The Labute approximate surface area is 144 Å². The molecule has 0 fully saturated rings. The molecule has 0 aliphatic rings. The number of hydrogen-bond acceptors (Lipinski definition) is 4. The predicted octanol–water partition coefficient (Wildman–Crippen LogP) is 3.29. The first-order valence-corrected chi connectivity index (χ1v) is 7.77. The van der Waals surface area contributed by atoms with Gasteiger partial charge in [-0.25, -0.2) is 9.78 Å². The number of aryl methyl sites for hydroxylation is 1. The summed E-state index contributed by atoms with van der Waals surface area (Å²) in [7, 11) is 0. The molecule has 0 aliphatic heterocycles. The van der Waals surface area contributed by atoms with Gasteiger partial charge in [-0.2, -0.15) is 0 Å². The van der Waals surface area contributed by atoms with E-state index in [1.54, 1.807) is 18.3 Å². The zero-order chi connectivity index (χ0) is 17.6. The second-order valence-corrected chi connectivity index (χ2v) is 5.42. The molecular formula is C19H17N3O3. The Hall–Kier alpha value is -3.41. The van der Waals surface area contributed by atoms with E-state index < -0.39 is 6.09 Å². The van der Waals surface area contributed by atoms with E-state index in [4.69, 9.17) is 4.74 Å². The summed E-state index contributed by atoms with van der Waals surface area (Å²) in [5, 5.41) is 2.48. The Bertz CT molecular complexity index is 936. The Balaban J connectivity index is 1.74. The Morgan fingerprint density at radius 2 is 1.88 bits per heavy atom. The van der Waals surface area contributed by atoms with Crippen molar-refractivity contribution in [2.24, 2.45) is 0 Å². The number of carbonyl (C=O) groups is 1. The van der Waals surface area contributed by atoms with Crippen LogP contribution in [0.5, 0.6) is 0 Å². The third-order valence-corrected chi connectivity index (χ3v) is 3.52. The van der Waals surface area contributed by atoms with Gasteiger partial charge >= 0.3 is 6.09 Å². The zero-order valence-electron chi connectivity index (χ0n) is 13.7. The van der Waals surface area contributed by atoms with Gasteiger partial charge in [0.15, 0.2) is 0 Å². The van der Waals surface area contributed by atoms with Gasteiger partial charge < -0.3 is 4.74 Å². The molecule has 0 saturated carbocycles. The molecule has 1 aromatic carbocycles. The van der Waals surface area contributed by atoms with E-state index >= 15 is 0 Å². The molecule has 6 heteroatoms. The summed E-state index contributed by atoms with van der Waals surface area (Å²) in [5.41, 5.74) is 1.42. The quantitative estimate of drug-likeness (QED) is 0.794. The summed E-state index contributed by atoms with van der Waals surface area (Å²) >= 11 is 0. The average molecular weight is 335 g/mol. The number of benzene rings is 1. The number of amides is 1. The third-order valence-electron chi connectivity index (χ3n) is 3.52. The summed E-state index contributed by atoms with van der Waals surface area (Å²) in [6.07, 6.45) is 0.917. The second kappa shape index (κ2) is 7.44. The second-order valence-electron chi connectivity index (χ2n) is 5.42. The van der Waals surface area contributed by atoms with E-state index in [1.807, 2.05) is 49.4 Å². The molecule has 0 radical (unpaired) electrons. The molecule has 1 N–H and O–H groups in total. The lowest BCUT2D eigenvalue weighted by molar-refractivity contribution is 0.155. The van der Waals surface area contributed by atoms with Crippen LogP contribution >= 0.6 is 0 Å². The largest absolute Gasteiger partial charge is 0.444 e. The van der Waals surface area contributed by atoms with Gasteiger partial charge in [0.05, 0.1) is 0 Å². The molecule has 1 amide bonds. The van der Waals surface area contributed by atoms with Crippen molar-refractivity contribution in [1.29, 1.82) is 0 Å². The maximum atomic E-state index is 12.5. The topological polar surface area (TPSA) is 73.2 Å². The van der Waals surface area contributed by atoms with Gasteiger partial charge in [-0.05, 0) is 36.8 Å². The summed E-state index contributed by atoms with van der Waals surface area (Å²) in [6, 6.07) is 17.9. The van der Waals surface area contributed by atoms with Gasteiger partial charge in [-0.1, -0.05) is 36.4 Å². The van der Waals surface area contributed by atoms with Gasteiger partial charge in [0.2, 0.25) is 0 Å².